The minimum absolute atomic E-state index is 0.139. The Hall–Kier alpha value is -2.33. The number of alkyl halides is 1. The van der Waals surface area contributed by atoms with Gasteiger partial charge in [-0.2, -0.15) is 5.10 Å². The molecule has 34 heavy (non-hydrogen) atoms. The maximum Gasteiger partial charge on any atom is 0.227 e. The highest BCUT2D eigenvalue weighted by Gasteiger charge is 2.39. The van der Waals surface area contributed by atoms with E-state index in [1.165, 1.54) is 12.8 Å². The standard InChI is InChI=1S/C24H28ClFN6O2/c1-13-21(9-28-32(13)15-2-3-15)30-24-27-8-14-6-18(25)17(7-20(14)29-24)16-4-5-31(10-19(16)26)22-11-34-12-23(22)33/h6-9,15-16,19,22-23,33H,2-5,10-12H2,1H3,(H,27,29,30)/t16?,19?,22-,23+/m0/s1. The van der Waals surface area contributed by atoms with Crippen molar-refractivity contribution in [3.8, 4) is 0 Å². The molecule has 3 aromatic rings. The quantitative estimate of drug-likeness (QED) is 0.567. The number of halogens is 2. The predicted octanol–water partition coefficient (Wildman–Crippen LogP) is 3.75. The molecule has 2 N–H and O–H groups in total. The van der Waals surface area contributed by atoms with Crippen molar-refractivity contribution in [1.82, 2.24) is 24.6 Å². The van der Waals surface area contributed by atoms with Crippen LogP contribution in [0.5, 0.6) is 0 Å². The van der Waals surface area contributed by atoms with Crippen LogP contribution in [-0.4, -0.2) is 74.4 Å². The summed E-state index contributed by atoms with van der Waals surface area (Å²) in [5, 5.41) is 19.2. The van der Waals surface area contributed by atoms with Gasteiger partial charge in [0.15, 0.2) is 0 Å². The zero-order valence-corrected chi connectivity index (χ0v) is 19.7. The molecule has 4 heterocycles. The first-order valence-corrected chi connectivity index (χ1v) is 12.3. The van der Waals surface area contributed by atoms with Gasteiger partial charge in [-0.1, -0.05) is 11.6 Å². The SMILES string of the molecule is Cc1c(Nc2ncc3cc(Cl)c(C4CCN([C@H]5COC[C@H]5O)CC4F)cc3n2)cnn1C1CC1. The minimum atomic E-state index is -1.09. The van der Waals surface area contributed by atoms with Crippen molar-refractivity contribution in [3.05, 3.63) is 40.8 Å². The fourth-order valence-corrected chi connectivity index (χ4v) is 5.54. The summed E-state index contributed by atoms with van der Waals surface area (Å²) < 4.78 is 22.8. The van der Waals surface area contributed by atoms with E-state index in [1.54, 1.807) is 6.20 Å². The molecule has 8 nitrogen and oxygen atoms in total. The molecule has 0 amide bonds. The maximum atomic E-state index is 15.4. The van der Waals surface area contributed by atoms with Crippen LogP contribution in [0, 0.1) is 6.92 Å². The highest BCUT2D eigenvalue weighted by atomic mass is 35.5. The monoisotopic (exact) mass is 486 g/mol. The first-order valence-electron chi connectivity index (χ1n) is 11.9. The summed E-state index contributed by atoms with van der Waals surface area (Å²) in [6.45, 7) is 3.74. The zero-order chi connectivity index (χ0) is 23.4. The van der Waals surface area contributed by atoms with Crippen LogP contribution < -0.4 is 5.32 Å². The third kappa shape index (κ3) is 4.04. The van der Waals surface area contributed by atoms with Crippen molar-refractivity contribution in [2.45, 2.75) is 56.5 Å². The van der Waals surface area contributed by atoms with Gasteiger partial charge in [0.2, 0.25) is 5.95 Å². The van der Waals surface area contributed by atoms with E-state index >= 15 is 4.39 Å². The lowest BCUT2D eigenvalue weighted by Gasteiger charge is -2.39. The summed E-state index contributed by atoms with van der Waals surface area (Å²) in [4.78, 5) is 11.1. The number of benzene rings is 1. The van der Waals surface area contributed by atoms with Crippen LogP contribution in [0.2, 0.25) is 5.02 Å². The molecule has 3 fully saturated rings. The molecule has 0 bridgehead atoms. The average molecular weight is 487 g/mol. The third-order valence-electron chi connectivity index (χ3n) is 7.34. The summed E-state index contributed by atoms with van der Waals surface area (Å²) in [5.74, 6) is 0.152. The third-order valence-corrected chi connectivity index (χ3v) is 7.67. The minimum Gasteiger partial charge on any atom is -0.389 e. The molecule has 0 spiro atoms. The van der Waals surface area contributed by atoms with Crippen LogP contribution >= 0.6 is 11.6 Å². The van der Waals surface area contributed by atoms with Crippen molar-refractivity contribution in [2.75, 3.05) is 31.6 Å². The Balaban J connectivity index is 1.23. The first kappa shape index (κ1) is 22.2. The van der Waals surface area contributed by atoms with Gasteiger partial charge in [0.05, 0.1) is 54.5 Å². The van der Waals surface area contributed by atoms with Crippen LogP contribution in [0.25, 0.3) is 10.9 Å². The number of hydrogen-bond donors (Lipinski definition) is 2. The molecule has 2 aliphatic heterocycles. The lowest BCUT2D eigenvalue weighted by molar-refractivity contribution is 0.0353. The molecule has 2 unspecified atom stereocenters. The second kappa shape index (κ2) is 8.71. The fraction of sp³-hybridized carbons (Fsp3) is 0.542. The molecule has 10 heteroatoms. The van der Waals surface area contributed by atoms with Crippen LogP contribution in [-0.2, 0) is 4.74 Å². The maximum absolute atomic E-state index is 15.4. The second-order valence-electron chi connectivity index (χ2n) is 9.65. The molecule has 2 saturated heterocycles. The Morgan fingerprint density at radius 3 is 2.79 bits per heavy atom. The molecule has 2 aromatic heterocycles. The van der Waals surface area contributed by atoms with E-state index in [0.29, 0.717) is 43.2 Å². The topological polar surface area (TPSA) is 88.3 Å². The van der Waals surface area contributed by atoms with Crippen molar-refractivity contribution < 1.29 is 14.2 Å². The van der Waals surface area contributed by atoms with Gasteiger partial charge in [0.25, 0.3) is 0 Å². The Kier molecular flexibility index (Phi) is 5.68. The highest BCUT2D eigenvalue weighted by Crippen LogP contribution is 2.39. The van der Waals surface area contributed by atoms with Gasteiger partial charge in [-0.15, -0.1) is 0 Å². The molecule has 1 saturated carbocycles. The number of fused-ring (bicyclic) bond motifs is 1. The highest BCUT2D eigenvalue weighted by molar-refractivity contribution is 6.32. The Morgan fingerprint density at radius 1 is 1.21 bits per heavy atom. The van der Waals surface area contributed by atoms with Crippen LogP contribution in [0.3, 0.4) is 0 Å². The fourth-order valence-electron chi connectivity index (χ4n) is 5.23. The number of nitrogens with one attached hydrogen (secondary N) is 1. The normalized spacial score (nSPS) is 28.0. The van der Waals surface area contributed by atoms with Gasteiger partial charge in [-0.25, -0.2) is 14.4 Å². The smallest absolute Gasteiger partial charge is 0.227 e. The molecular weight excluding hydrogens is 459 g/mol. The van der Waals surface area contributed by atoms with E-state index in [2.05, 4.69) is 15.4 Å². The van der Waals surface area contributed by atoms with Gasteiger partial charge in [0.1, 0.15) is 6.17 Å². The van der Waals surface area contributed by atoms with E-state index < -0.39 is 12.3 Å². The van der Waals surface area contributed by atoms with E-state index in [0.717, 1.165) is 27.8 Å². The number of aliphatic hydroxyl groups excluding tert-OH is 1. The van der Waals surface area contributed by atoms with Gasteiger partial charge < -0.3 is 15.2 Å². The van der Waals surface area contributed by atoms with Crippen molar-refractivity contribution in [3.63, 3.8) is 0 Å². The lowest BCUT2D eigenvalue weighted by atomic mass is 9.86. The Bertz CT molecular complexity index is 1220. The second-order valence-corrected chi connectivity index (χ2v) is 10.1. The summed E-state index contributed by atoms with van der Waals surface area (Å²) in [6.07, 6.45) is 4.84. The Morgan fingerprint density at radius 2 is 2.06 bits per heavy atom. The van der Waals surface area contributed by atoms with Gasteiger partial charge in [-0.05, 0) is 50.4 Å². The molecule has 4 atom stereocenters. The largest absolute Gasteiger partial charge is 0.389 e. The molecule has 1 aliphatic carbocycles. The van der Waals surface area contributed by atoms with Crippen molar-refractivity contribution in [2.24, 2.45) is 0 Å². The van der Waals surface area contributed by atoms with Gasteiger partial charge in [-0.3, -0.25) is 9.58 Å². The lowest BCUT2D eigenvalue weighted by Crippen LogP contribution is -2.50. The van der Waals surface area contributed by atoms with Crippen molar-refractivity contribution >= 4 is 34.1 Å². The molecular formula is C24H28ClFN6O2. The summed E-state index contributed by atoms with van der Waals surface area (Å²) in [6, 6.07) is 4.08. The number of aliphatic hydroxyl groups is 1. The number of nitrogens with zero attached hydrogens (tertiary/aromatic N) is 5. The van der Waals surface area contributed by atoms with Crippen LogP contribution in [0.15, 0.2) is 24.5 Å². The van der Waals surface area contributed by atoms with Crippen LogP contribution in [0.4, 0.5) is 16.0 Å². The van der Waals surface area contributed by atoms with Crippen molar-refractivity contribution in [1.29, 1.82) is 0 Å². The number of rotatable bonds is 5. The summed E-state index contributed by atoms with van der Waals surface area (Å²) in [7, 11) is 0. The molecule has 3 aliphatic rings. The zero-order valence-electron chi connectivity index (χ0n) is 19.0. The summed E-state index contributed by atoms with van der Waals surface area (Å²) >= 11 is 6.59. The first-order chi connectivity index (χ1) is 16.5. The Labute approximate surface area is 202 Å². The summed E-state index contributed by atoms with van der Waals surface area (Å²) in [5.41, 5.74) is 3.44. The number of likely N-dealkylation sites (tertiary alicyclic amines) is 1. The number of ether oxygens (including phenoxy) is 1. The molecule has 180 valence electrons. The van der Waals surface area contributed by atoms with Gasteiger partial charge in [0, 0.05) is 29.1 Å². The predicted molar refractivity (Wildman–Crippen MR) is 128 cm³/mol. The van der Waals surface area contributed by atoms with E-state index in [-0.39, 0.29) is 18.5 Å². The molecule has 6 rings (SSSR count). The van der Waals surface area contributed by atoms with Gasteiger partial charge >= 0.3 is 0 Å². The number of aromatic nitrogens is 4. The van der Waals surface area contributed by atoms with E-state index in [1.807, 2.05) is 34.8 Å². The molecule has 1 aromatic carbocycles. The molecule has 0 radical (unpaired) electrons. The van der Waals surface area contributed by atoms with E-state index in [9.17, 15) is 5.11 Å². The average Bonchev–Trinajstić information content (AvgIpc) is 3.47. The number of piperidine rings is 1. The van der Waals surface area contributed by atoms with E-state index in [4.69, 9.17) is 21.3 Å². The number of hydrogen-bond acceptors (Lipinski definition) is 7. The number of anilines is 2. The van der Waals surface area contributed by atoms with Crippen LogP contribution in [0.1, 0.15) is 42.5 Å².